The molecule has 4 rings (SSSR count). The SMILES string of the molecule is c1ccc([C@@H]2CCCC[C@@H]2COC[C@H]2CCCC[C@H]2c2ccccc2)cc1. The van der Waals surface area contributed by atoms with Crippen molar-refractivity contribution in [3.8, 4) is 0 Å². The lowest BCUT2D eigenvalue weighted by molar-refractivity contribution is 0.0381. The first kappa shape index (κ1) is 18.7. The van der Waals surface area contributed by atoms with Gasteiger partial charge in [-0.05, 0) is 60.5 Å². The summed E-state index contributed by atoms with van der Waals surface area (Å²) in [6.45, 7) is 1.88. The fraction of sp³-hybridized carbons (Fsp3) is 0.538. The number of hydrogen-bond acceptors (Lipinski definition) is 1. The highest BCUT2D eigenvalue weighted by Gasteiger charge is 2.29. The zero-order valence-electron chi connectivity index (χ0n) is 16.6. The summed E-state index contributed by atoms with van der Waals surface area (Å²) in [7, 11) is 0. The van der Waals surface area contributed by atoms with Gasteiger partial charge in [-0.25, -0.2) is 0 Å². The molecular formula is C26H34O. The lowest BCUT2D eigenvalue weighted by Crippen LogP contribution is -2.27. The molecule has 0 amide bonds. The second-order valence-electron chi connectivity index (χ2n) is 8.66. The van der Waals surface area contributed by atoms with Crippen LogP contribution in [0, 0.1) is 11.8 Å². The van der Waals surface area contributed by atoms with Crippen LogP contribution in [0.3, 0.4) is 0 Å². The summed E-state index contributed by atoms with van der Waals surface area (Å²) in [5, 5.41) is 0. The van der Waals surface area contributed by atoms with Gasteiger partial charge in [-0.3, -0.25) is 0 Å². The van der Waals surface area contributed by atoms with Crippen LogP contribution >= 0.6 is 0 Å². The summed E-state index contributed by atoms with van der Waals surface area (Å²) in [6.07, 6.45) is 10.8. The van der Waals surface area contributed by atoms with E-state index < -0.39 is 0 Å². The van der Waals surface area contributed by atoms with Gasteiger partial charge in [0, 0.05) is 13.2 Å². The minimum absolute atomic E-state index is 0.691. The molecule has 0 radical (unpaired) electrons. The highest BCUT2D eigenvalue weighted by molar-refractivity contribution is 5.22. The van der Waals surface area contributed by atoms with Gasteiger partial charge in [0.25, 0.3) is 0 Å². The molecule has 0 spiro atoms. The molecule has 0 N–H and O–H groups in total. The standard InChI is InChI=1S/C26H34O/c1-3-11-21(12-4-1)25-17-9-7-15-23(25)19-27-20-24-16-8-10-18-26(24)22-13-5-2-6-14-22/h1-6,11-14,23-26H,7-10,15-20H2/t23-,24-,25+,26+/m1/s1. The minimum atomic E-state index is 0.691. The molecule has 2 saturated carbocycles. The first-order valence-corrected chi connectivity index (χ1v) is 11.1. The minimum Gasteiger partial charge on any atom is -0.381 e. The summed E-state index contributed by atoms with van der Waals surface area (Å²) in [6, 6.07) is 22.3. The summed E-state index contributed by atoms with van der Waals surface area (Å²) < 4.78 is 6.42. The summed E-state index contributed by atoms with van der Waals surface area (Å²) in [5.74, 6) is 2.77. The predicted octanol–water partition coefficient (Wildman–Crippen LogP) is 6.95. The number of rotatable bonds is 6. The van der Waals surface area contributed by atoms with E-state index in [-0.39, 0.29) is 0 Å². The van der Waals surface area contributed by atoms with E-state index in [9.17, 15) is 0 Å². The molecule has 27 heavy (non-hydrogen) atoms. The Balaban J connectivity index is 1.35. The Kier molecular flexibility index (Phi) is 6.63. The molecule has 0 unspecified atom stereocenters. The van der Waals surface area contributed by atoms with Crippen molar-refractivity contribution in [2.45, 2.75) is 63.2 Å². The first-order chi connectivity index (χ1) is 13.4. The lowest BCUT2D eigenvalue weighted by atomic mass is 9.75. The molecule has 2 fully saturated rings. The van der Waals surface area contributed by atoms with Gasteiger partial charge in [-0.2, -0.15) is 0 Å². The monoisotopic (exact) mass is 362 g/mol. The third-order valence-electron chi connectivity index (χ3n) is 6.94. The van der Waals surface area contributed by atoms with Gasteiger partial charge < -0.3 is 4.74 Å². The van der Waals surface area contributed by atoms with Crippen molar-refractivity contribution in [2.75, 3.05) is 13.2 Å². The van der Waals surface area contributed by atoms with Gasteiger partial charge in [0.05, 0.1) is 0 Å². The van der Waals surface area contributed by atoms with Gasteiger partial charge in [-0.1, -0.05) is 86.3 Å². The average Bonchev–Trinajstić information content (AvgIpc) is 2.76. The molecular weight excluding hydrogens is 328 g/mol. The molecule has 2 aliphatic rings. The van der Waals surface area contributed by atoms with Crippen LogP contribution in [0.4, 0.5) is 0 Å². The normalized spacial score (nSPS) is 28.7. The van der Waals surface area contributed by atoms with Crippen LogP contribution in [-0.4, -0.2) is 13.2 Å². The van der Waals surface area contributed by atoms with Gasteiger partial charge in [0.2, 0.25) is 0 Å². The van der Waals surface area contributed by atoms with E-state index in [2.05, 4.69) is 60.7 Å². The van der Waals surface area contributed by atoms with Gasteiger partial charge in [-0.15, -0.1) is 0 Å². The molecule has 144 valence electrons. The Bertz CT molecular complexity index is 606. The molecule has 1 heteroatoms. The van der Waals surface area contributed by atoms with Crippen LogP contribution in [0.15, 0.2) is 60.7 Å². The molecule has 4 atom stereocenters. The highest BCUT2D eigenvalue weighted by atomic mass is 16.5. The van der Waals surface area contributed by atoms with E-state index in [0.717, 1.165) is 13.2 Å². The van der Waals surface area contributed by atoms with E-state index in [1.165, 1.54) is 62.5 Å². The first-order valence-electron chi connectivity index (χ1n) is 11.1. The van der Waals surface area contributed by atoms with E-state index in [4.69, 9.17) is 4.74 Å². The van der Waals surface area contributed by atoms with Crippen LogP contribution in [0.2, 0.25) is 0 Å². The predicted molar refractivity (Wildman–Crippen MR) is 113 cm³/mol. The highest BCUT2D eigenvalue weighted by Crippen LogP contribution is 2.40. The molecule has 0 heterocycles. The van der Waals surface area contributed by atoms with Crippen LogP contribution in [-0.2, 0) is 4.74 Å². The maximum atomic E-state index is 6.42. The summed E-state index contributed by atoms with van der Waals surface area (Å²) in [4.78, 5) is 0. The second kappa shape index (κ2) is 9.55. The summed E-state index contributed by atoms with van der Waals surface area (Å²) >= 11 is 0. The number of ether oxygens (including phenoxy) is 1. The fourth-order valence-corrected chi connectivity index (χ4v) is 5.46. The molecule has 0 bridgehead atoms. The number of benzene rings is 2. The largest absolute Gasteiger partial charge is 0.381 e. The molecule has 0 aromatic heterocycles. The Morgan fingerprint density at radius 3 is 1.41 bits per heavy atom. The maximum absolute atomic E-state index is 6.42. The van der Waals surface area contributed by atoms with Crippen LogP contribution in [0.1, 0.15) is 74.3 Å². The zero-order chi connectivity index (χ0) is 18.3. The van der Waals surface area contributed by atoms with Crippen LogP contribution in [0.5, 0.6) is 0 Å². The molecule has 0 aliphatic heterocycles. The van der Waals surface area contributed by atoms with Gasteiger partial charge in [0.15, 0.2) is 0 Å². The van der Waals surface area contributed by atoms with Gasteiger partial charge >= 0.3 is 0 Å². The average molecular weight is 363 g/mol. The Hall–Kier alpha value is -1.60. The van der Waals surface area contributed by atoms with Crippen molar-refractivity contribution < 1.29 is 4.74 Å². The molecule has 2 aromatic carbocycles. The smallest absolute Gasteiger partial charge is 0.0500 e. The Morgan fingerprint density at radius 1 is 0.556 bits per heavy atom. The third kappa shape index (κ3) is 4.82. The Labute approximate surface area is 165 Å². The van der Waals surface area contributed by atoms with E-state index in [0.29, 0.717) is 23.7 Å². The van der Waals surface area contributed by atoms with Crippen molar-refractivity contribution in [2.24, 2.45) is 11.8 Å². The van der Waals surface area contributed by atoms with Crippen molar-refractivity contribution in [3.05, 3.63) is 71.8 Å². The van der Waals surface area contributed by atoms with Crippen molar-refractivity contribution in [1.29, 1.82) is 0 Å². The quantitative estimate of drug-likeness (QED) is 0.540. The Morgan fingerprint density at radius 2 is 0.963 bits per heavy atom. The van der Waals surface area contributed by atoms with E-state index in [1.54, 1.807) is 0 Å². The van der Waals surface area contributed by atoms with Crippen molar-refractivity contribution in [3.63, 3.8) is 0 Å². The fourth-order valence-electron chi connectivity index (χ4n) is 5.46. The van der Waals surface area contributed by atoms with Crippen molar-refractivity contribution in [1.82, 2.24) is 0 Å². The third-order valence-corrected chi connectivity index (χ3v) is 6.94. The zero-order valence-corrected chi connectivity index (χ0v) is 16.6. The van der Waals surface area contributed by atoms with Crippen LogP contribution in [0.25, 0.3) is 0 Å². The summed E-state index contributed by atoms with van der Waals surface area (Å²) in [5.41, 5.74) is 3.04. The van der Waals surface area contributed by atoms with Gasteiger partial charge in [0.1, 0.15) is 0 Å². The van der Waals surface area contributed by atoms with E-state index >= 15 is 0 Å². The molecule has 1 nitrogen and oxygen atoms in total. The number of hydrogen-bond donors (Lipinski definition) is 0. The maximum Gasteiger partial charge on any atom is 0.0500 e. The molecule has 2 aromatic rings. The topological polar surface area (TPSA) is 9.23 Å². The van der Waals surface area contributed by atoms with E-state index in [1.807, 2.05) is 0 Å². The molecule has 2 aliphatic carbocycles. The van der Waals surface area contributed by atoms with Crippen LogP contribution < -0.4 is 0 Å². The lowest BCUT2D eigenvalue weighted by Gasteiger charge is -2.34. The molecule has 0 saturated heterocycles. The van der Waals surface area contributed by atoms with Crippen molar-refractivity contribution >= 4 is 0 Å². The second-order valence-corrected chi connectivity index (χ2v) is 8.66.